The molecule has 1 heterocycles. The van der Waals surface area contributed by atoms with Crippen molar-refractivity contribution in [3.63, 3.8) is 0 Å². The summed E-state index contributed by atoms with van der Waals surface area (Å²) in [5, 5.41) is 12.0. The minimum absolute atomic E-state index is 0.000698. The van der Waals surface area contributed by atoms with Crippen molar-refractivity contribution < 1.29 is 9.13 Å². The number of rotatable bonds is 3. The van der Waals surface area contributed by atoms with Crippen LogP contribution in [0.5, 0.6) is 0 Å². The molecule has 5 heteroatoms. The van der Waals surface area contributed by atoms with Crippen LogP contribution in [0.4, 0.5) is 4.39 Å². The average molecular weight is 263 g/mol. The Labute approximate surface area is 112 Å². The number of nitrogens with zero attached hydrogens (tertiary/aromatic N) is 2. The van der Waals surface area contributed by atoms with Gasteiger partial charge >= 0.3 is 0 Å². The Balaban J connectivity index is 2.33. The van der Waals surface area contributed by atoms with Crippen LogP contribution in [-0.4, -0.2) is 44.8 Å². The van der Waals surface area contributed by atoms with Crippen molar-refractivity contribution in [2.75, 3.05) is 33.8 Å². The van der Waals surface area contributed by atoms with E-state index in [9.17, 15) is 4.39 Å². The van der Waals surface area contributed by atoms with Gasteiger partial charge in [0.1, 0.15) is 11.9 Å². The summed E-state index contributed by atoms with van der Waals surface area (Å²) in [6, 6.07) is 6.63. The number of nitriles is 1. The molecule has 0 bridgehead atoms. The average Bonchev–Trinajstić information content (AvgIpc) is 2.40. The van der Waals surface area contributed by atoms with Crippen LogP contribution in [0.3, 0.4) is 0 Å². The summed E-state index contributed by atoms with van der Waals surface area (Å²) in [7, 11) is 3.89. The van der Waals surface area contributed by atoms with Crippen LogP contribution >= 0.6 is 0 Å². The molecule has 1 aliphatic rings. The summed E-state index contributed by atoms with van der Waals surface area (Å²) in [5.74, 6) is -0.476. The second-order valence-corrected chi connectivity index (χ2v) is 4.74. The molecule has 1 N–H and O–H groups in total. The molecule has 0 radical (unpaired) electrons. The van der Waals surface area contributed by atoms with Gasteiger partial charge in [-0.25, -0.2) is 4.39 Å². The van der Waals surface area contributed by atoms with Crippen molar-refractivity contribution >= 4 is 0 Å². The van der Waals surface area contributed by atoms with E-state index in [-0.39, 0.29) is 17.7 Å². The topological polar surface area (TPSA) is 48.3 Å². The monoisotopic (exact) mass is 263 g/mol. The van der Waals surface area contributed by atoms with Crippen LogP contribution in [0.1, 0.15) is 17.2 Å². The molecule has 2 atom stereocenters. The molecule has 102 valence electrons. The van der Waals surface area contributed by atoms with Crippen LogP contribution < -0.4 is 5.32 Å². The van der Waals surface area contributed by atoms with Crippen molar-refractivity contribution in [2.24, 2.45) is 0 Å². The summed E-state index contributed by atoms with van der Waals surface area (Å²) in [6.45, 7) is 2.23. The molecule has 0 spiro atoms. The predicted molar refractivity (Wildman–Crippen MR) is 70.2 cm³/mol. The highest BCUT2D eigenvalue weighted by molar-refractivity contribution is 5.36. The molecule has 0 aliphatic carbocycles. The van der Waals surface area contributed by atoms with Gasteiger partial charge in [-0.15, -0.1) is 0 Å². The fraction of sp³-hybridized carbons (Fsp3) is 0.500. The largest absolute Gasteiger partial charge is 0.374 e. The van der Waals surface area contributed by atoms with Gasteiger partial charge in [-0.2, -0.15) is 5.26 Å². The number of morpholine rings is 1. The molecule has 2 rings (SSSR count). The Morgan fingerprint density at radius 3 is 3.05 bits per heavy atom. The third-order valence-corrected chi connectivity index (χ3v) is 3.46. The maximum atomic E-state index is 13.4. The van der Waals surface area contributed by atoms with E-state index in [1.54, 1.807) is 12.1 Å². The lowest BCUT2D eigenvalue weighted by Crippen LogP contribution is -2.47. The molecule has 1 aromatic rings. The van der Waals surface area contributed by atoms with Gasteiger partial charge in [-0.05, 0) is 31.8 Å². The molecular formula is C14H18FN3O. The Hall–Kier alpha value is -1.48. The molecule has 2 unspecified atom stereocenters. The van der Waals surface area contributed by atoms with Crippen molar-refractivity contribution in [1.82, 2.24) is 10.2 Å². The first-order valence-corrected chi connectivity index (χ1v) is 6.33. The fourth-order valence-corrected chi connectivity index (χ4v) is 2.52. The quantitative estimate of drug-likeness (QED) is 0.892. The van der Waals surface area contributed by atoms with Crippen molar-refractivity contribution in [3.05, 3.63) is 35.1 Å². The number of halogens is 1. The van der Waals surface area contributed by atoms with Gasteiger partial charge in [-0.1, -0.05) is 6.07 Å². The third-order valence-electron chi connectivity index (χ3n) is 3.46. The number of benzene rings is 1. The highest BCUT2D eigenvalue weighted by Crippen LogP contribution is 2.29. The Kier molecular flexibility index (Phi) is 4.48. The van der Waals surface area contributed by atoms with Crippen LogP contribution in [0.25, 0.3) is 0 Å². The third kappa shape index (κ3) is 2.92. The zero-order valence-corrected chi connectivity index (χ0v) is 11.2. The maximum absolute atomic E-state index is 13.4. The SMILES string of the molecule is CNCC1OCCN(C)C1c1ccc(F)c(C#N)c1. The summed E-state index contributed by atoms with van der Waals surface area (Å²) in [4.78, 5) is 2.18. The Morgan fingerprint density at radius 2 is 2.37 bits per heavy atom. The summed E-state index contributed by atoms with van der Waals surface area (Å²) >= 11 is 0. The minimum atomic E-state index is -0.476. The van der Waals surface area contributed by atoms with Gasteiger partial charge in [-0.3, -0.25) is 4.90 Å². The number of likely N-dealkylation sites (N-methyl/N-ethyl adjacent to an activating group) is 2. The van der Waals surface area contributed by atoms with Crippen LogP contribution in [0, 0.1) is 17.1 Å². The van der Waals surface area contributed by atoms with E-state index in [1.165, 1.54) is 6.07 Å². The van der Waals surface area contributed by atoms with E-state index in [0.717, 1.165) is 12.1 Å². The lowest BCUT2D eigenvalue weighted by Gasteiger charge is -2.39. The van der Waals surface area contributed by atoms with Crippen molar-refractivity contribution in [2.45, 2.75) is 12.1 Å². The highest BCUT2D eigenvalue weighted by Gasteiger charge is 2.31. The zero-order chi connectivity index (χ0) is 13.8. The van der Waals surface area contributed by atoms with Gasteiger partial charge < -0.3 is 10.1 Å². The lowest BCUT2D eigenvalue weighted by molar-refractivity contribution is -0.0606. The molecule has 0 aromatic heterocycles. The van der Waals surface area contributed by atoms with Gasteiger partial charge in [0.25, 0.3) is 0 Å². The fourth-order valence-electron chi connectivity index (χ4n) is 2.52. The maximum Gasteiger partial charge on any atom is 0.140 e. The van der Waals surface area contributed by atoms with Crippen LogP contribution in [-0.2, 0) is 4.74 Å². The summed E-state index contributed by atoms with van der Waals surface area (Å²) in [5.41, 5.74) is 1.00. The standard InChI is InChI=1S/C14H18FN3O/c1-17-9-13-14(18(2)5-6-19-13)10-3-4-12(15)11(7-10)8-16/h3-4,7,13-14,17H,5-6,9H2,1-2H3. The highest BCUT2D eigenvalue weighted by atomic mass is 19.1. The number of nitrogens with one attached hydrogen (secondary N) is 1. The van der Waals surface area contributed by atoms with E-state index in [1.807, 2.05) is 20.2 Å². The molecular weight excluding hydrogens is 245 g/mol. The first kappa shape index (κ1) is 13.9. The summed E-state index contributed by atoms with van der Waals surface area (Å²) in [6.07, 6.45) is 0.000698. The number of hydrogen-bond acceptors (Lipinski definition) is 4. The van der Waals surface area contributed by atoms with Gasteiger partial charge in [0.2, 0.25) is 0 Å². The molecule has 1 aliphatic heterocycles. The molecule has 4 nitrogen and oxygen atoms in total. The second-order valence-electron chi connectivity index (χ2n) is 4.74. The Morgan fingerprint density at radius 1 is 1.58 bits per heavy atom. The first-order valence-electron chi connectivity index (χ1n) is 6.33. The van der Waals surface area contributed by atoms with E-state index in [0.29, 0.717) is 13.2 Å². The van der Waals surface area contributed by atoms with Crippen molar-refractivity contribution in [3.8, 4) is 6.07 Å². The predicted octanol–water partition coefficient (Wildman–Crippen LogP) is 1.29. The first-order chi connectivity index (χ1) is 9.17. The molecule has 1 aromatic carbocycles. The molecule has 1 fully saturated rings. The molecule has 1 saturated heterocycles. The number of hydrogen-bond donors (Lipinski definition) is 1. The molecule has 0 saturated carbocycles. The van der Waals surface area contributed by atoms with E-state index in [2.05, 4.69) is 10.2 Å². The second kappa shape index (κ2) is 6.11. The molecule has 0 amide bonds. The van der Waals surface area contributed by atoms with Gasteiger partial charge in [0.15, 0.2) is 0 Å². The molecule has 19 heavy (non-hydrogen) atoms. The smallest absolute Gasteiger partial charge is 0.140 e. The van der Waals surface area contributed by atoms with E-state index >= 15 is 0 Å². The normalized spacial score (nSPS) is 24.1. The minimum Gasteiger partial charge on any atom is -0.374 e. The zero-order valence-electron chi connectivity index (χ0n) is 11.2. The Bertz CT molecular complexity index is 484. The van der Waals surface area contributed by atoms with Gasteiger partial charge in [0.05, 0.1) is 24.3 Å². The summed E-state index contributed by atoms with van der Waals surface area (Å²) < 4.78 is 19.2. The lowest BCUT2D eigenvalue weighted by atomic mass is 9.96. The van der Waals surface area contributed by atoms with E-state index < -0.39 is 5.82 Å². The van der Waals surface area contributed by atoms with Crippen LogP contribution in [0.15, 0.2) is 18.2 Å². The van der Waals surface area contributed by atoms with Crippen molar-refractivity contribution in [1.29, 1.82) is 5.26 Å². The van der Waals surface area contributed by atoms with Gasteiger partial charge in [0, 0.05) is 13.1 Å². The van der Waals surface area contributed by atoms with E-state index in [4.69, 9.17) is 10.00 Å². The van der Waals surface area contributed by atoms with Crippen LogP contribution in [0.2, 0.25) is 0 Å². The number of ether oxygens (including phenoxy) is 1.